The molecule has 0 aliphatic carbocycles. The number of rotatable bonds is 8. The van der Waals surface area contributed by atoms with Crippen molar-refractivity contribution in [2.24, 2.45) is 5.73 Å². The Bertz CT molecular complexity index is 635. The van der Waals surface area contributed by atoms with Gasteiger partial charge in [0, 0.05) is 19.2 Å². The molecule has 5 N–H and O–H groups in total. The Morgan fingerprint density at radius 1 is 1.19 bits per heavy atom. The fourth-order valence-electron chi connectivity index (χ4n) is 2.12. The van der Waals surface area contributed by atoms with Gasteiger partial charge in [0.2, 0.25) is 11.8 Å². The first-order chi connectivity index (χ1) is 12.1. The Morgan fingerprint density at radius 2 is 1.81 bits per heavy atom. The van der Waals surface area contributed by atoms with E-state index in [4.69, 9.17) is 18.0 Å². The fraction of sp³-hybridized carbons (Fsp3) is 0.438. The van der Waals surface area contributed by atoms with Crippen LogP contribution in [0.15, 0.2) is 24.3 Å². The van der Waals surface area contributed by atoms with Gasteiger partial charge in [-0.2, -0.15) is 13.2 Å². The molecule has 6 nitrogen and oxygen atoms in total. The summed E-state index contributed by atoms with van der Waals surface area (Å²) in [5.41, 5.74) is 4.91. The normalized spacial score (nSPS) is 12.2. The van der Waals surface area contributed by atoms with E-state index in [0.717, 1.165) is 12.1 Å². The van der Waals surface area contributed by atoms with Crippen molar-refractivity contribution >= 4 is 34.8 Å². The number of benzene rings is 1. The molecule has 1 rings (SSSR count). The summed E-state index contributed by atoms with van der Waals surface area (Å²) in [6, 6.07) is 3.82. The van der Waals surface area contributed by atoms with Crippen molar-refractivity contribution in [1.82, 2.24) is 10.6 Å². The predicted molar refractivity (Wildman–Crippen MR) is 96.3 cm³/mol. The third-order valence-electron chi connectivity index (χ3n) is 3.40. The highest BCUT2D eigenvalue weighted by atomic mass is 32.1. The summed E-state index contributed by atoms with van der Waals surface area (Å²) in [4.78, 5) is 22.2. The van der Waals surface area contributed by atoms with Crippen LogP contribution in [0.2, 0.25) is 0 Å². The summed E-state index contributed by atoms with van der Waals surface area (Å²) in [6.07, 6.45) is -2.67. The molecule has 0 saturated heterocycles. The average Bonchev–Trinajstić information content (AvgIpc) is 2.52. The summed E-state index contributed by atoms with van der Waals surface area (Å²) in [7, 11) is 0. The van der Waals surface area contributed by atoms with Gasteiger partial charge in [0.25, 0.3) is 0 Å². The fourth-order valence-corrected chi connectivity index (χ4v) is 2.34. The summed E-state index contributed by atoms with van der Waals surface area (Å²) < 4.78 is 37.5. The monoisotopic (exact) mass is 390 g/mol. The van der Waals surface area contributed by atoms with E-state index in [0.29, 0.717) is 31.5 Å². The van der Waals surface area contributed by atoms with Crippen LogP contribution >= 0.6 is 12.2 Å². The molecular formula is C16H21F3N4O2S. The number of nitrogens with two attached hydrogens (primary N) is 1. The van der Waals surface area contributed by atoms with Crippen molar-refractivity contribution in [3.63, 3.8) is 0 Å². The highest BCUT2D eigenvalue weighted by molar-refractivity contribution is 7.80. The average molecular weight is 390 g/mol. The Hall–Kier alpha value is -2.36. The first-order valence-electron chi connectivity index (χ1n) is 7.88. The minimum absolute atomic E-state index is 0.276. The highest BCUT2D eigenvalue weighted by Gasteiger charge is 2.29. The lowest BCUT2D eigenvalue weighted by atomic mass is 10.1. The molecule has 0 heterocycles. The van der Waals surface area contributed by atoms with Gasteiger partial charge < -0.3 is 21.7 Å². The number of unbranched alkanes of at least 4 members (excludes halogenated alkanes) is 1. The van der Waals surface area contributed by atoms with Crippen LogP contribution in [0.3, 0.4) is 0 Å². The maximum atomic E-state index is 12.5. The minimum atomic E-state index is -4.38. The van der Waals surface area contributed by atoms with Gasteiger partial charge in [-0.1, -0.05) is 0 Å². The number of nitrogens with one attached hydrogen (secondary N) is 3. The zero-order valence-corrected chi connectivity index (χ0v) is 15.0. The van der Waals surface area contributed by atoms with Gasteiger partial charge in [0.1, 0.15) is 6.04 Å². The van der Waals surface area contributed by atoms with Crippen molar-refractivity contribution in [3.8, 4) is 0 Å². The summed E-state index contributed by atoms with van der Waals surface area (Å²) in [6.45, 7) is 1.81. The van der Waals surface area contributed by atoms with Crippen LogP contribution in [-0.4, -0.2) is 29.5 Å². The summed E-state index contributed by atoms with van der Waals surface area (Å²) >= 11 is 5.07. The van der Waals surface area contributed by atoms with Gasteiger partial charge in [-0.05, 0) is 55.7 Å². The van der Waals surface area contributed by atoms with Gasteiger partial charge in [-0.15, -0.1) is 0 Å². The van der Waals surface area contributed by atoms with Gasteiger partial charge in [0.05, 0.1) is 5.56 Å². The standard InChI is InChI=1S/C16H21F3N4O2S/c1-10(24)22-13(14(20)25)4-2-3-9-21-15(26)23-12-7-5-11(6-8-12)16(17,18)19/h5-8,13H,2-4,9H2,1H3,(H2,20,25)(H,22,24)(H2,21,23,26)/t13-/m0/s1. The van der Waals surface area contributed by atoms with Crippen molar-refractivity contribution in [2.45, 2.75) is 38.4 Å². The van der Waals surface area contributed by atoms with Crippen LogP contribution in [0.5, 0.6) is 0 Å². The molecule has 0 aromatic heterocycles. The molecule has 0 radical (unpaired) electrons. The molecule has 0 saturated carbocycles. The van der Waals surface area contributed by atoms with Gasteiger partial charge in [0.15, 0.2) is 5.11 Å². The zero-order valence-electron chi connectivity index (χ0n) is 14.2. The SMILES string of the molecule is CC(=O)N[C@@H](CCCCNC(=S)Nc1ccc(C(F)(F)F)cc1)C(N)=O. The minimum Gasteiger partial charge on any atom is -0.368 e. The van der Waals surface area contributed by atoms with Gasteiger partial charge in [-0.25, -0.2) is 0 Å². The molecule has 2 amide bonds. The molecule has 26 heavy (non-hydrogen) atoms. The number of carbonyl (C=O) groups is 2. The second kappa shape index (κ2) is 9.95. The maximum absolute atomic E-state index is 12.5. The Kier molecular flexibility index (Phi) is 8.30. The quantitative estimate of drug-likeness (QED) is 0.403. The first kappa shape index (κ1) is 21.7. The van der Waals surface area contributed by atoms with Gasteiger partial charge >= 0.3 is 6.18 Å². The molecular weight excluding hydrogens is 369 g/mol. The highest BCUT2D eigenvalue weighted by Crippen LogP contribution is 2.29. The van der Waals surface area contributed by atoms with Crippen molar-refractivity contribution in [2.75, 3.05) is 11.9 Å². The van der Waals surface area contributed by atoms with Crippen LogP contribution in [-0.2, 0) is 15.8 Å². The van der Waals surface area contributed by atoms with E-state index in [1.165, 1.54) is 19.1 Å². The second-order valence-electron chi connectivity index (χ2n) is 5.61. The Balaban J connectivity index is 2.30. The molecule has 0 fully saturated rings. The number of hydrogen-bond donors (Lipinski definition) is 4. The number of alkyl halides is 3. The smallest absolute Gasteiger partial charge is 0.368 e. The van der Waals surface area contributed by atoms with E-state index in [-0.39, 0.29) is 11.0 Å². The second-order valence-corrected chi connectivity index (χ2v) is 6.02. The molecule has 0 spiro atoms. The van der Waals surface area contributed by atoms with E-state index in [1.807, 2.05) is 0 Å². The number of halogens is 3. The van der Waals surface area contributed by atoms with Crippen LogP contribution in [0.4, 0.5) is 18.9 Å². The molecule has 0 aliphatic heterocycles. The largest absolute Gasteiger partial charge is 0.416 e. The number of hydrogen-bond acceptors (Lipinski definition) is 3. The molecule has 0 aliphatic rings. The third kappa shape index (κ3) is 8.15. The van der Waals surface area contributed by atoms with E-state index in [2.05, 4.69) is 16.0 Å². The molecule has 144 valence electrons. The third-order valence-corrected chi connectivity index (χ3v) is 3.64. The van der Waals surface area contributed by atoms with Gasteiger partial charge in [-0.3, -0.25) is 9.59 Å². The lowest BCUT2D eigenvalue weighted by Gasteiger charge is -2.14. The topological polar surface area (TPSA) is 96.2 Å². The lowest BCUT2D eigenvalue weighted by Crippen LogP contribution is -2.43. The Morgan fingerprint density at radius 3 is 2.31 bits per heavy atom. The Labute approximate surface area is 154 Å². The van der Waals surface area contributed by atoms with Crippen molar-refractivity contribution in [1.29, 1.82) is 0 Å². The van der Waals surface area contributed by atoms with Crippen molar-refractivity contribution in [3.05, 3.63) is 29.8 Å². The maximum Gasteiger partial charge on any atom is 0.416 e. The summed E-state index contributed by atoms with van der Waals surface area (Å²) in [5.74, 6) is -0.915. The molecule has 1 aromatic carbocycles. The van der Waals surface area contributed by atoms with E-state index < -0.39 is 23.7 Å². The zero-order chi connectivity index (χ0) is 19.7. The number of carbonyl (C=O) groups excluding carboxylic acids is 2. The number of amides is 2. The first-order valence-corrected chi connectivity index (χ1v) is 8.29. The molecule has 1 atom stereocenters. The van der Waals surface area contributed by atoms with Crippen LogP contribution < -0.4 is 21.7 Å². The molecule has 1 aromatic rings. The summed E-state index contributed by atoms with van der Waals surface area (Å²) in [5, 5.41) is 8.45. The molecule has 0 bridgehead atoms. The van der Waals surface area contributed by atoms with E-state index in [9.17, 15) is 22.8 Å². The predicted octanol–water partition coefficient (Wildman–Crippen LogP) is 2.15. The van der Waals surface area contributed by atoms with Crippen molar-refractivity contribution < 1.29 is 22.8 Å². The lowest BCUT2D eigenvalue weighted by molar-refractivity contribution is -0.137. The number of thiocarbonyl (C=S) groups is 1. The van der Waals surface area contributed by atoms with Crippen LogP contribution in [0.1, 0.15) is 31.7 Å². The van der Waals surface area contributed by atoms with E-state index >= 15 is 0 Å². The van der Waals surface area contributed by atoms with Crippen LogP contribution in [0.25, 0.3) is 0 Å². The van der Waals surface area contributed by atoms with E-state index in [1.54, 1.807) is 0 Å². The number of anilines is 1. The molecule has 10 heteroatoms. The number of primary amides is 1. The molecule has 0 unspecified atom stereocenters. The van der Waals surface area contributed by atoms with Crippen LogP contribution in [0, 0.1) is 0 Å².